The van der Waals surface area contributed by atoms with E-state index in [1.807, 2.05) is 52.0 Å². The molecule has 0 saturated heterocycles. The van der Waals surface area contributed by atoms with Gasteiger partial charge in [0.2, 0.25) is 5.91 Å². The van der Waals surface area contributed by atoms with Gasteiger partial charge < -0.3 is 16.0 Å². The van der Waals surface area contributed by atoms with Crippen molar-refractivity contribution in [2.24, 2.45) is 0 Å². The quantitative estimate of drug-likeness (QED) is 0.743. The molecule has 4 heteroatoms. The highest BCUT2D eigenvalue weighted by molar-refractivity contribution is 5.91. The molecule has 1 atom stereocenters. The number of carbonyl (C=O) groups excluding carboxylic acids is 1. The van der Waals surface area contributed by atoms with E-state index in [0.29, 0.717) is 6.42 Å². The standard InChI is InChI=1S/C17H27N3O/c1-15(2,3)20-14(21)17(6)11-16(4,5)18-12-9-7-8-10-13(12)19-17/h7-10,18-19H,11H2,1-6H3,(H,20,21). The lowest BCUT2D eigenvalue weighted by Gasteiger charge is -2.37. The van der Waals surface area contributed by atoms with E-state index in [0.717, 1.165) is 11.4 Å². The molecule has 1 aliphatic rings. The molecule has 1 unspecified atom stereocenters. The van der Waals surface area contributed by atoms with Crippen LogP contribution in [-0.4, -0.2) is 22.5 Å². The van der Waals surface area contributed by atoms with E-state index in [9.17, 15) is 4.79 Å². The van der Waals surface area contributed by atoms with Crippen LogP contribution in [0.5, 0.6) is 0 Å². The highest BCUT2D eigenvalue weighted by atomic mass is 16.2. The number of anilines is 2. The Morgan fingerprint density at radius 1 is 1.10 bits per heavy atom. The maximum Gasteiger partial charge on any atom is 0.245 e. The van der Waals surface area contributed by atoms with Crippen molar-refractivity contribution in [3.63, 3.8) is 0 Å². The molecule has 1 amide bonds. The fourth-order valence-corrected chi connectivity index (χ4v) is 2.95. The SMILES string of the molecule is CC(C)(C)NC(=O)C1(C)CC(C)(C)Nc2ccccc2N1. The van der Waals surface area contributed by atoms with Crippen molar-refractivity contribution in [1.82, 2.24) is 5.32 Å². The lowest BCUT2D eigenvalue weighted by molar-refractivity contribution is -0.127. The fraction of sp³-hybridized carbons (Fsp3) is 0.588. The van der Waals surface area contributed by atoms with Crippen molar-refractivity contribution in [1.29, 1.82) is 0 Å². The third-order valence-electron chi connectivity index (χ3n) is 3.60. The maximum absolute atomic E-state index is 12.8. The summed E-state index contributed by atoms with van der Waals surface area (Å²) in [5.41, 5.74) is 0.926. The molecule has 0 bridgehead atoms. The molecule has 0 aliphatic carbocycles. The van der Waals surface area contributed by atoms with Crippen LogP contribution < -0.4 is 16.0 Å². The Hall–Kier alpha value is -1.71. The second kappa shape index (κ2) is 4.93. The van der Waals surface area contributed by atoms with Gasteiger partial charge in [0.25, 0.3) is 0 Å². The average molecular weight is 289 g/mol. The van der Waals surface area contributed by atoms with Gasteiger partial charge in [-0.05, 0) is 53.7 Å². The molecular weight excluding hydrogens is 262 g/mol. The molecule has 1 aromatic carbocycles. The smallest absolute Gasteiger partial charge is 0.245 e. The van der Waals surface area contributed by atoms with E-state index >= 15 is 0 Å². The van der Waals surface area contributed by atoms with Crippen molar-refractivity contribution in [3.8, 4) is 0 Å². The monoisotopic (exact) mass is 289 g/mol. The van der Waals surface area contributed by atoms with Crippen LogP contribution in [0, 0.1) is 0 Å². The van der Waals surface area contributed by atoms with Gasteiger partial charge >= 0.3 is 0 Å². The van der Waals surface area contributed by atoms with Crippen LogP contribution in [0.25, 0.3) is 0 Å². The number of carbonyl (C=O) groups is 1. The minimum Gasteiger partial charge on any atom is -0.378 e. The summed E-state index contributed by atoms with van der Waals surface area (Å²) in [4.78, 5) is 12.8. The van der Waals surface area contributed by atoms with Crippen LogP contribution in [0.4, 0.5) is 11.4 Å². The largest absolute Gasteiger partial charge is 0.378 e. The number of nitrogens with one attached hydrogen (secondary N) is 3. The number of benzene rings is 1. The summed E-state index contributed by atoms with van der Waals surface area (Å²) < 4.78 is 0. The highest BCUT2D eigenvalue weighted by Gasteiger charge is 2.42. The average Bonchev–Trinajstić information content (AvgIpc) is 2.38. The number of rotatable bonds is 1. The number of para-hydroxylation sites is 2. The predicted molar refractivity (Wildman–Crippen MR) is 88.7 cm³/mol. The first kappa shape index (κ1) is 15.7. The second-order valence-corrected chi connectivity index (χ2v) is 7.89. The number of hydrogen-bond donors (Lipinski definition) is 3. The highest BCUT2D eigenvalue weighted by Crippen LogP contribution is 2.36. The van der Waals surface area contributed by atoms with Crippen molar-refractivity contribution in [2.75, 3.05) is 10.6 Å². The first-order valence-electron chi connectivity index (χ1n) is 7.49. The molecule has 1 heterocycles. The number of fused-ring (bicyclic) bond motifs is 1. The summed E-state index contributed by atoms with van der Waals surface area (Å²) in [6.07, 6.45) is 0.691. The Balaban J connectivity index is 2.37. The molecule has 1 aromatic rings. The van der Waals surface area contributed by atoms with E-state index in [1.54, 1.807) is 0 Å². The molecule has 2 rings (SSSR count). The third kappa shape index (κ3) is 3.69. The molecule has 116 valence electrons. The topological polar surface area (TPSA) is 53.2 Å². The van der Waals surface area contributed by atoms with Crippen LogP contribution in [0.2, 0.25) is 0 Å². The number of amides is 1. The van der Waals surface area contributed by atoms with Crippen LogP contribution in [0.15, 0.2) is 24.3 Å². The van der Waals surface area contributed by atoms with Gasteiger partial charge in [0.1, 0.15) is 5.54 Å². The van der Waals surface area contributed by atoms with Crippen LogP contribution in [-0.2, 0) is 4.79 Å². The van der Waals surface area contributed by atoms with Gasteiger partial charge in [-0.25, -0.2) is 0 Å². The lowest BCUT2D eigenvalue weighted by atomic mass is 9.84. The van der Waals surface area contributed by atoms with E-state index in [1.165, 1.54) is 0 Å². The van der Waals surface area contributed by atoms with E-state index in [-0.39, 0.29) is 17.0 Å². The Bertz CT molecular complexity index is 545. The van der Waals surface area contributed by atoms with Crippen LogP contribution >= 0.6 is 0 Å². The lowest BCUT2D eigenvalue weighted by Crippen LogP contribution is -2.57. The molecule has 0 saturated carbocycles. The fourth-order valence-electron chi connectivity index (χ4n) is 2.95. The zero-order valence-electron chi connectivity index (χ0n) is 13.9. The van der Waals surface area contributed by atoms with E-state index in [2.05, 4.69) is 29.8 Å². The first-order valence-corrected chi connectivity index (χ1v) is 7.49. The summed E-state index contributed by atoms with van der Waals surface area (Å²) in [5.74, 6) is 0.0292. The summed E-state index contributed by atoms with van der Waals surface area (Å²) in [6.45, 7) is 12.2. The van der Waals surface area contributed by atoms with Crippen LogP contribution in [0.3, 0.4) is 0 Å². The molecule has 4 nitrogen and oxygen atoms in total. The molecule has 3 N–H and O–H groups in total. The zero-order chi connectivity index (χ0) is 15.9. The van der Waals surface area contributed by atoms with Crippen molar-refractivity contribution >= 4 is 17.3 Å². The molecule has 1 aliphatic heterocycles. The summed E-state index contributed by atoms with van der Waals surface area (Å²) in [7, 11) is 0. The Morgan fingerprint density at radius 2 is 1.62 bits per heavy atom. The van der Waals surface area contributed by atoms with Gasteiger partial charge in [-0.3, -0.25) is 4.79 Å². The minimum absolute atomic E-state index is 0.0292. The van der Waals surface area contributed by atoms with E-state index < -0.39 is 5.54 Å². The maximum atomic E-state index is 12.8. The van der Waals surface area contributed by atoms with Crippen LogP contribution in [0.1, 0.15) is 48.0 Å². The first-order chi connectivity index (χ1) is 9.51. The Kier molecular flexibility index (Phi) is 3.68. The van der Waals surface area contributed by atoms with Gasteiger partial charge in [-0.1, -0.05) is 12.1 Å². The Labute approximate surface area is 127 Å². The Morgan fingerprint density at radius 3 is 2.14 bits per heavy atom. The minimum atomic E-state index is -0.656. The molecule has 21 heavy (non-hydrogen) atoms. The van der Waals surface area contributed by atoms with Gasteiger partial charge in [0, 0.05) is 17.5 Å². The molecule has 0 spiro atoms. The van der Waals surface area contributed by atoms with Crippen molar-refractivity contribution in [2.45, 2.75) is 64.6 Å². The number of hydrogen-bond acceptors (Lipinski definition) is 3. The predicted octanol–water partition coefficient (Wildman–Crippen LogP) is 3.37. The normalized spacial score (nSPS) is 24.1. The summed E-state index contributed by atoms with van der Waals surface area (Å²) in [6, 6.07) is 8.03. The summed E-state index contributed by atoms with van der Waals surface area (Å²) in [5, 5.41) is 10.1. The zero-order valence-corrected chi connectivity index (χ0v) is 13.9. The van der Waals surface area contributed by atoms with Crippen molar-refractivity contribution < 1.29 is 4.79 Å². The molecule has 0 radical (unpaired) electrons. The van der Waals surface area contributed by atoms with Gasteiger partial charge in [-0.2, -0.15) is 0 Å². The second-order valence-electron chi connectivity index (χ2n) is 7.89. The van der Waals surface area contributed by atoms with E-state index in [4.69, 9.17) is 0 Å². The van der Waals surface area contributed by atoms with Crippen molar-refractivity contribution in [3.05, 3.63) is 24.3 Å². The van der Waals surface area contributed by atoms with Gasteiger partial charge in [0.05, 0.1) is 11.4 Å². The van der Waals surface area contributed by atoms with Gasteiger partial charge in [0.15, 0.2) is 0 Å². The van der Waals surface area contributed by atoms with Gasteiger partial charge in [-0.15, -0.1) is 0 Å². The molecular formula is C17H27N3O. The third-order valence-corrected chi connectivity index (χ3v) is 3.60. The molecule has 0 aromatic heterocycles. The summed E-state index contributed by atoms with van der Waals surface area (Å²) >= 11 is 0. The molecule has 0 fully saturated rings.